The lowest BCUT2D eigenvalue weighted by Crippen LogP contribution is -2.18. The first-order chi connectivity index (χ1) is 9.93. The van der Waals surface area contributed by atoms with E-state index in [1.807, 2.05) is 60.7 Å². The summed E-state index contributed by atoms with van der Waals surface area (Å²) < 4.78 is 2.18. The number of hydrogen-bond acceptors (Lipinski definition) is 4. The van der Waals surface area contributed by atoms with Crippen LogP contribution in [0.25, 0.3) is 0 Å². The monoisotopic (exact) mass is 285 g/mol. The van der Waals surface area contributed by atoms with Crippen molar-refractivity contribution in [2.24, 2.45) is 0 Å². The summed E-state index contributed by atoms with van der Waals surface area (Å²) in [6.07, 6.45) is 10.3. The molecule has 0 saturated heterocycles. The maximum absolute atomic E-state index is 4.49. The van der Waals surface area contributed by atoms with Crippen LogP contribution in [0.5, 0.6) is 0 Å². The van der Waals surface area contributed by atoms with E-state index in [-0.39, 0.29) is 0 Å². The van der Waals surface area contributed by atoms with Gasteiger partial charge < -0.3 is 0 Å². The first-order valence-corrected chi connectivity index (χ1v) is 8.06. The molecule has 4 heteroatoms. The highest BCUT2D eigenvalue weighted by Gasteiger charge is 2.21. The quantitative estimate of drug-likeness (QED) is 0.768. The van der Waals surface area contributed by atoms with E-state index in [2.05, 4.69) is 14.3 Å². The predicted octanol–water partition coefficient (Wildman–Crippen LogP) is 4.60. The minimum absolute atomic E-state index is 0.674. The van der Waals surface area contributed by atoms with E-state index in [1.165, 1.54) is 32.1 Å². The molecule has 0 aromatic carbocycles. The van der Waals surface area contributed by atoms with Crippen LogP contribution in [-0.4, -0.2) is 15.2 Å². The zero-order valence-electron chi connectivity index (χ0n) is 11.5. The number of aromatic nitrogens is 2. The zero-order chi connectivity index (χ0) is 13.6. The van der Waals surface area contributed by atoms with Crippen molar-refractivity contribution in [2.75, 3.05) is 4.31 Å². The fourth-order valence-electron chi connectivity index (χ4n) is 2.49. The van der Waals surface area contributed by atoms with E-state index in [4.69, 9.17) is 0 Å². The summed E-state index contributed by atoms with van der Waals surface area (Å²) in [5, 5.41) is 0.674. The molecular formula is C16H19N3S. The van der Waals surface area contributed by atoms with Crippen molar-refractivity contribution in [3.8, 4) is 0 Å². The fourth-order valence-corrected chi connectivity index (χ4v) is 3.77. The van der Waals surface area contributed by atoms with Gasteiger partial charge in [0.2, 0.25) is 0 Å². The third-order valence-electron chi connectivity index (χ3n) is 3.52. The molecule has 104 valence electrons. The normalized spacial score (nSPS) is 16.0. The van der Waals surface area contributed by atoms with Crippen molar-refractivity contribution in [1.82, 2.24) is 9.97 Å². The van der Waals surface area contributed by atoms with Gasteiger partial charge in [-0.05, 0) is 49.1 Å². The molecule has 2 heterocycles. The van der Waals surface area contributed by atoms with Crippen LogP contribution in [0.4, 0.5) is 11.6 Å². The molecule has 0 bridgehead atoms. The van der Waals surface area contributed by atoms with Crippen LogP contribution >= 0.6 is 11.9 Å². The SMILES string of the molecule is c1ccc(N(SC2CCCCC2)c2ccccn2)nc1. The number of rotatable bonds is 4. The van der Waals surface area contributed by atoms with E-state index >= 15 is 0 Å². The lowest BCUT2D eigenvalue weighted by atomic mass is 10.0. The minimum Gasteiger partial charge on any atom is -0.251 e. The molecule has 1 saturated carbocycles. The Balaban J connectivity index is 1.83. The molecule has 0 unspecified atom stereocenters. The van der Waals surface area contributed by atoms with Crippen molar-refractivity contribution in [1.29, 1.82) is 0 Å². The van der Waals surface area contributed by atoms with Crippen molar-refractivity contribution >= 4 is 23.6 Å². The average molecular weight is 285 g/mol. The van der Waals surface area contributed by atoms with Crippen LogP contribution in [0.3, 0.4) is 0 Å². The van der Waals surface area contributed by atoms with E-state index < -0.39 is 0 Å². The van der Waals surface area contributed by atoms with Gasteiger partial charge in [-0.25, -0.2) is 9.97 Å². The van der Waals surface area contributed by atoms with Crippen LogP contribution in [0.1, 0.15) is 32.1 Å². The van der Waals surface area contributed by atoms with E-state index in [1.54, 1.807) is 0 Å². The van der Waals surface area contributed by atoms with Gasteiger partial charge in [0.05, 0.1) is 0 Å². The van der Waals surface area contributed by atoms with Crippen molar-refractivity contribution in [3.63, 3.8) is 0 Å². The van der Waals surface area contributed by atoms with Gasteiger partial charge in [-0.1, -0.05) is 31.4 Å². The second-order valence-corrected chi connectivity index (χ2v) is 6.28. The molecule has 2 aromatic heterocycles. The molecule has 0 N–H and O–H groups in total. The second kappa shape index (κ2) is 6.75. The molecule has 0 aliphatic heterocycles. The van der Waals surface area contributed by atoms with E-state index in [0.29, 0.717) is 5.25 Å². The molecule has 1 fully saturated rings. The molecule has 3 rings (SSSR count). The van der Waals surface area contributed by atoms with E-state index in [9.17, 15) is 0 Å². The number of hydrogen-bond donors (Lipinski definition) is 0. The summed E-state index contributed by atoms with van der Waals surface area (Å²) in [7, 11) is 0. The topological polar surface area (TPSA) is 29.0 Å². The molecular weight excluding hydrogens is 266 g/mol. The Morgan fingerprint density at radius 2 is 1.45 bits per heavy atom. The average Bonchev–Trinajstić information content (AvgIpc) is 2.55. The highest BCUT2D eigenvalue weighted by atomic mass is 32.2. The first kappa shape index (κ1) is 13.4. The summed E-state index contributed by atoms with van der Waals surface area (Å²) in [6.45, 7) is 0. The smallest absolute Gasteiger partial charge is 0.144 e. The Morgan fingerprint density at radius 3 is 1.95 bits per heavy atom. The largest absolute Gasteiger partial charge is 0.251 e. The Hall–Kier alpha value is -1.55. The zero-order valence-corrected chi connectivity index (χ0v) is 12.3. The Labute approximate surface area is 124 Å². The Kier molecular flexibility index (Phi) is 4.53. The predicted molar refractivity (Wildman–Crippen MR) is 85.1 cm³/mol. The maximum atomic E-state index is 4.49. The molecule has 2 aromatic rings. The van der Waals surface area contributed by atoms with Crippen LogP contribution in [-0.2, 0) is 0 Å². The lowest BCUT2D eigenvalue weighted by molar-refractivity contribution is 0.516. The second-order valence-electron chi connectivity index (χ2n) is 5.04. The van der Waals surface area contributed by atoms with Gasteiger partial charge in [-0.2, -0.15) is 0 Å². The fraction of sp³-hybridized carbons (Fsp3) is 0.375. The van der Waals surface area contributed by atoms with Crippen molar-refractivity contribution < 1.29 is 0 Å². The minimum atomic E-state index is 0.674. The van der Waals surface area contributed by atoms with E-state index in [0.717, 1.165) is 11.6 Å². The molecule has 1 aliphatic rings. The van der Waals surface area contributed by atoms with Gasteiger partial charge in [0, 0.05) is 17.6 Å². The maximum Gasteiger partial charge on any atom is 0.144 e. The third kappa shape index (κ3) is 3.31. The van der Waals surface area contributed by atoms with Crippen LogP contribution in [0.2, 0.25) is 0 Å². The number of pyridine rings is 2. The molecule has 0 amide bonds. The highest BCUT2D eigenvalue weighted by molar-refractivity contribution is 8.01. The lowest BCUT2D eigenvalue weighted by Gasteiger charge is -2.28. The first-order valence-electron chi connectivity index (χ1n) is 7.22. The summed E-state index contributed by atoms with van der Waals surface area (Å²) >= 11 is 1.88. The van der Waals surface area contributed by atoms with Crippen molar-refractivity contribution in [2.45, 2.75) is 37.4 Å². The van der Waals surface area contributed by atoms with Crippen molar-refractivity contribution in [3.05, 3.63) is 48.8 Å². The Bertz CT molecular complexity index is 472. The molecule has 1 aliphatic carbocycles. The summed E-state index contributed by atoms with van der Waals surface area (Å²) in [5.41, 5.74) is 0. The summed E-state index contributed by atoms with van der Waals surface area (Å²) in [6, 6.07) is 12.0. The van der Waals surface area contributed by atoms with Gasteiger partial charge in [0.1, 0.15) is 11.6 Å². The third-order valence-corrected chi connectivity index (χ3v) is 4.88. The molecule has 20 heavy (non-hydrogen) atoms. The van der Waals surface area contributed by atoms with Gasteiger partial charge in [0.25, 0.3) is 0 Å². The van der Waals surface area contributed by atoms with Gasteiger partial charge in [-0.15, -0.1) is 0 Å². The highest BCUT2D eigenvalue weighted by Crippen LogP contribution is 2.37. The Morgan fingerprint density at radius 1 is 0.850 bits per heavy atom. The number of anilines is 2. The van der Waals surface area contributed by atoms with Gasteiger partial charge in [0.15, 0.2) is 0 Å². The summed E-state index contributed by atoms with van der Waals surface area (Å²) in [5.74, 6) is 1.92. The molecule has 3 nitrogen and oxygen atoms in total. The van der Waals surface area contributed by atoms with Crippen LogP contribution in [0.15, 0.2) is 48.8 Å². The van der Waals surface area contributed by atoms with Gasteiger partial charge in [-0.3, -0.25) is 4.31 Å². The van der Waals surface area contributed by atoms with Gasteiger partial charge >= 0.3 is 0 Å². The number of nitrogens with zero attached hydrogens (tertiary/aromatic N) is 3. The van der Waals surface area contributed by atoms with Crippen LogP contribution < -0.4 is 4.31 Å². The molecule has 0 spiro atoms. The summed E-state index contributed by atoms with van der Waals surface area (Å²) in [4.78, 5) is 8.97. The molecule has 0 atom stereocenters. The molecule has 0 radical (unpaired) electrons. The van der Waals surface area contributed by atoms with Crippen LogP contribution in [0, 0.1) is 0 Å². The standard InChI is InChI=1S/C16H19N3S/c1-2-8-14(9-3-1)20-19(15-10-4-6-12-17-15)16-11-5-7-13-18-16/h4-7,10-14H,1-3,8-9H2.